The van der Waals surface area contributed by atoms with Gasteiger partial charge in [-0.25, -0.2) is 4.98 Å². The topological polar surface area (TPSA) is 113 Å². The standard InChI is InChI=1S/C20H21N5O2/c1-11-12(2)24-19-15(23-11)5-4-14-18(19)13(20(26)25-14)10-16-17(6-8-22-16)27-9-3-7-21/h4-6,8,10,22,24H,2-3,7,9,21H2,1H3,(H,25,26). The predicted octanol–water partition coefficient (Wildman–Crippen LogP) is 1.01. The predicted molar refractivity (Wildman–Crippen MR) is 107 cm³/mol. The molecular weight excluding hydrogens is 342 g/mol. The monoisotopic (exact) mass is 363 g/mol. The normalized spacial score (nSPS) is 12.3. The minimum atomic E-state index is -0.167. The number of H-pyrrole nitrogens is 3. The van der Waals surface area contributed by atoms with Gasteiger partial charge in [0.1, 0.15) is 5.75 Å². The number of ether oxygens (including phenoxy) is 1. The molecule has 7 heteroatoms. The highest BCUT2D eigenvalue weighted by Crippen LogP contribution is 2.20. The third-order valence-electron chi connectivity index (χ3n) is 4.58. The molecule has 0 spiro atoms. The second kappa shape index (κ2) is 6.77. The van der Waals surface area contributed by atoms with Crippen LogP contribution in [0.2, 0.25) is 0 Å². The molecule has 0 amide bonds. The van der Waals surface area contributed by atoms with Crippen LogP contribution in [0.25, 0.3) is 34.6 Å². The van der Waals surface area contributed by atoms with Crippen LogP contribution in [0.4, 0.5) is 0 Å². The molecule has 3 heterocycles. The maximum Gasteiger partial charge on any atom is 0.256 e. The van der Waals surface area contributed by atoms with Crippen molar-refractivity contribution in [2.24, 2.45) is 5.73 Å². The zero-order valence-electron chi connectivity index (χ0n) is 15.1. The summed E-state index contributed by atoms with van der Waals surface area (Å²) in [6.07, 6.45) is 4.35. The van der Waals surface area contributed by atoms with Crippen molar-refractivity contribution in [3.63, 3.8) is 0 Å². The Morgan fingerprint density at radius 1 is 1.30 bits per heavy atom. The van der Waals surface area contributed by atoms with Gasteiger partial charge in [0.2, 0.25) is 0 Å². The Hall–Kier alpha value is -3.32. The molecule has 0 radical (unpaired) electrons. The smallest absolute Gasteiger partial charge is 0.256 e. The van der Waals surface area contributed by atoms with E-state index in [4.69, 9.17) is 10.5 Å². The van der Waals surface area contributed by atoms with Crippen LogP contribution in [0, 0.1) is 6.92 Å². The Morgan fingerprint density at radius 2 is 2.15 bits per heavy atom. The number of nitrogens with two attached hydrogens (primary N) is 1. The van der Waals surface area contributed by atoms with E-state index in [2.05, 4.69) is 26.5 Å². The highest BCUT2D eigenvalue weighted by atomic mass is 16.5. The summed E-state index contributed by atoms with van der Waals surface area (Å²) in [5.74, 6) is 0.688. The first kappa shape index (κ1) is 17.1. The van der Waals surface area contributed by atoms with Crippen molar-refractivity contribution in [1.82, 2.24) is 19.9 Å². The third-order valence-corrected chi connectivity index (χ3v) is 4.58. The van der Waals surface area contributed by atoms with Crippen molar-refractivity contribution >= 4 is 34.6 Å². The van der Waals surface area contributed by atoms with Crippen molar-refractivity contribution in [2.45, 2.75) is 13.3 Å². The first-order chi connectivity index (χ1) is 13.1. The Labute approximate surface area is 154 Å². The van der Waals surface area contributed by atoms with Crippen molar-refractivity contribution in [3.05, 3.63) is 56.7 Å². The fourth-order valence-electron chi connectivity index (χ4n) is 3.14. The van der Waals surface area contributed by atoms with Gasteiger partial charge in [0.05, 0.1) is 45.1 Å². The molecule has 0 fully saturated rings. The summed E-state index contributed by atoms with van der Waals surface area (Å²) in [4.78, 5) is 26.5. The molecule has 7 nitrogen and oxygen atoms in total. The SMILES string of the molecule is C=c1[nH]c2c(ccc3[nH]c(=O)c(=Cc4[nH]ccc4OCCCN)c32)nc1C. The lowest BCUT2D eigenvalue weighted by Gasteiger charge is -2.04. The van der Waals surface area contributed by atoms with Gasteiger partial charge in [-0.2, -0.15) is 0 Å². The second-order valence-corrected chi connectivity index (χ2v) is 6.44. The van der Waals surface area contributed by atoms with E-state index in [1.54, 1.807) is 12.3 Å². The van der Waals surface area contributed by atoms with E-state index in [1.165, 1.54) is 0 Å². The number of benzene rings is 1. The van der Waals surface area contributed by atoms with Gasteiger partial charge in [-0.05, 0) is 44.2 Å². The van der Waals surface area contributed by atoms with Gasteiger partial charge in [0.25, 0.3) is 5.56 Å². The minimum absolute atomic E-state index is 0.167. The molecule has 0 saturated carbocycles. The van der Waals surface area contributed by atoms with Crippen LogP contribution in [0.3, 0.4) is 0 Å². The molecule has 5 N–H and O–H groups in total. The molecule has 0 aliphatic carbocycles. The largest absolute Gasteiger partial charge is 0.491 e. The van der Waals surface area contributed by atoms with Crippen LogP contribution >= 0.6 is 0 Å². The van der Waals surface area contributed by atoms with E-state index in [0.29, 0.717) is 24.1 Å². The average Bonchev–Trinajstić information content (AvgIpc) is 3.21. The van der Waals surface area contributed by atoms with Crippen molar-refractivity contribution in [3.8, 4) is 5.75 Å². The lowest BCUT2D eigenvalue weighted by atomic mass is 10.1. The maximum atomic E-state index is 12.6. The van der Waals surface area contributed by atoms with Crippen molar-refractivity contribution < 1.29 is 4.74 Å². The summed E-state index contributed by atoms with van der Waals surface area (Å²) in [5, 5.41) is 2.06. The van der Waals surface area contributed by atoms with Crippen LogP contribution in [0.1, 0.15) is 17.8 Å². The van der Waals surface area contributed by atoms with Crippen molar-refractivity contribution in [2.75, 3.05) is 13.2 Å². The van der Waals surface area contributed by atoms with Gasteiger partial charge in [0.15, 0.2) is 0 Å². The summed E-state index contributed by atoms with van der Waals surface area (Å²) in [6.45, 7) is 6.98. The summed E-state index contributed by atoms with van der Waals surface area (Å²) in [6, 6.07) is 5.59. The Balaban J connectivity index is 1.96. The Bertz CT molecular complexity index is 1300. The highest BCUT2D eigenvalue weighted by molar-refractivity contribution is 6.03. The number of aryl methyl sites for hydroxylation is 1. The van der Waals surface area contributed by atoms with Gasteiger partial charge in [-0.15, -0.1) is 0 Å². The maximum absolute atomic E-state index is 12.6. The zero-order chi connectivity index (χ0) is 19.0. The number of nitrogens with zero attached hydrogens (tertiary/aromatic N) is 1. The molecule has 4 rings (SSSR count). The van der Waals surface area contributed by atoms with Gasteiger partial charge < -0.3 is 25.4 Å². The Morgan fingerprint density at radius 3 is 2.96 bits per heavy atom. The number of aromatic nitrogens is 4. The van der Waals surface area contributed by atoms with Crippen LogP contribution in [0.15, 0.2) is 29.2 Å². The summed E-state index contributed by atoms with van der Waals surface area (Å²) in [5.41, 5.74) is 9.22. The fraction of sp³-hybridized carbons (Fsp3) is 0.200. The molecule has 138 valence electrons. The van der Waals surface area contributed by atoms with Gasteiger partial charge in [-0.3, -0.25) is 4.79 Å². The summed E-state index contributed by atoms with van der Waals surface area (Å²) >= 11 is 0. The van der Waals surface area contributed by atoms with E-state index in [9.17, 15) is 4.79 Å². The first-order valence-corrected chi connectivity index (χ1v) is 8.80. The van der Waals surface area contributed by atoms with E-state index in [0.717, 1.165) is 45.1 Å². The molecule has 0 aliphatic rings. The quantitative estimate of drug-likeness (QED) is 0.396. The van der Waals surface area contributed by atoms with Gasteiger partial charge >= 0.3 is 0 Å². The van der Waals surface area contributed by atoms with Crippen LogP contribution in [-0.2, 0) is 0 Å². The molecule has 0 unspecified atom stereocenters. The molecule has 0 saturated heterocycles. The number of rotatable bonds is 5. The number of aromatic amines is 3. The summed E-state index contributed by atoms with van der Waals surface area (Å²) in [7, 11) is 0. The van der Waals surface area contributed by atoms with Gasteiger partial charge in [0, 0.05) is 11.6 Å². The highest BCUT2D eigenvalue weighted by Gasteiger charge is 2.11. The number of nitrogens with one attached hydrogen (secondary N) is 3. The molecule has 3 aromatic heterocycles. The summed E-state index contributed by atoms with van der Waals surface area (Å²) < 4.78 is 5.76. The van der Waals surface area contributed by atoms with Gasteiger partial charge in [-0.1, -0.05) is 6.58 Å². The number of hydrogen-bond acceptors (Lipinski definition) is 4. The molecule has 0 bridgehead atoms. The van der Waals surface area contributed by atoms with E-state index >= 15 is 0 Å². The van der Waals surface area contributed by atoms with Crippen LogP contribution in [-0.4, -0.2) is 33.1 Å². The molecular formula is C20H21N5O2. The zero-order valence-corrected chi connectivity index (χ0v) is 15.1. The number of hydrogen-bond donors (Lipinski definition) is 4. The number of fused-ring (bicyclic) bond motifs is 3. The minimum Gasteiger partial charge on any atom is -0.491 e. The molecule has 4 aromatic rings. The fourth-order valence-corrected chi connectivity index (χ4v) is 3.14. The van der Waals surface area contributed by atoms with Crippen molar-refractivity contribution in [1.29, 1.82) is 0 Å². The third kappa shape index (κ3) is 3.02. The van der Waals surface area contributed by atoms with E-state index in [1.807, 2.05) is 25.1 Å². The van der Waals surface area contributed by atoms with Crippen LogP contribution in [0.5, 0.6) is 5.75 Å². The average molecular weight is 363 g/mol. The second-order valence-electron chi connectivity index (χ2n) is 6.44. The molecule has 0 atom stereocenters. The molecule has 0 aliphatic heterocycles. The Kier molecular flexibility index (Phi) is 4.29. The van der Waals surface area contributed by atoms with E-state index < -0.39 is 0 Å². The first-order valence-electron chi connectivity index (χ1n) is 8.80. The lowest BCUT2D eigenvalue weighted by molar-refractivity contribution is 0.313. The van der Waals surface area contributed by atoms with Crippen LogP contribution < -0.4 is 26.6 Å². The molecule has 27 heavy (non-hydrogen) atoms. The lowest BCUT2D eigenvalue weighted by Crippen LogP contribution is -2.22. The van der Waals surface area contributed by atoms with E-state index in [-0.39, 0.29) is 5.56 Å². The molecule has 1 aromatic carbocycles.